The molecule has 0 atom stereocenters. The number of anilines is 1. The van der Waals surface area contributed by atoms with Crippen molar-refractivity contribution in [3.63, 3.8) is 0 Å². The van der Waals surface area contributed by atoms with Gasteiger partial charge in [0.15, 0.2) is 0 Å². The predicted octanol–water partition coefficient (Wildman–Crippen LogP) is 7.52. The van der Waals surface area contributed by atoms with Crippen LogP contribution < -0.4 is 9.64 Å². The van der Waals surface area contributed by atoms with Crippen LogP contribution in [0, 0.1) is 0 Å². The van der Waals surface area contributed by atoms with Gasteiger partial charge in [0.2, 0.25) is 0 Å². The van der Waals surface area contributed by atoms with E-state index in [4.69, 9.17) is 9.73 Å². The number of rotatable bonds is 6. The van der Waals surface area contributed by atoms with Crippen LogP contribution in [0.15, 0.2) is 77.8 Å². The van der Waals surface area contributed by atoms with Gasteiger partial charge in [0.05, 0.1) is 18.3 Å². The molecule has 0 aromatic heterocycles. The van der Waals surface area contributed by atoms with Crippen LogP contribution >= 0.6 is 0 Å². The van der Waals surface area contributed by atoms with E-state index in [1.807, 2.05) is 12.3 Å². The Morgan fingerprint density at radius 1 is 0.969 bits per heavy atom. The van der Waals surface area contributed by atoms with E-state index in [9.17, 15) is 0 Å². The van der Waals surface area contributed by atoms with E-state index in [2.05, 4.69) is 99.3 Å². The molecule has 0 saturated carbocycles. The molecule has 0 radical (unpaired) electrons. The Morgan fingerprint density at radius 2 is 1.66 bits per heavy atom. The largest absolute Gasteiger partial charge is 0.496 e. The molecule has 3 aromatic carbocycles. The van der Waals surface area contributed by atoms with Gasteiger partial charge < -0.3 is 9.64 Å². The minimum absolute atomic E-state index is 0.0196. The lowest BCUT2D eigenvalue weighted by Gasteiger charge is -2.43. The number of nitrogens with zero attached hydrogens (tertiary/aromatic N) is 2. The Morgan fingerprint density at radius 3 is 2.31 bits per heavy atom. The molecule has 1 heterocycles. The fourth-order valence-electron chi connectivity index (χ4n) is 4.55. The standard InChI is InChI=1S/C29H32N2O/c1-6-16-31-27-18-28(32-5)24(17-26(27)21(2)19-29(31,3)4)20-30-25-14-12-23(13-15-25)22-10-8-7-9-11-22/h7-15,17-20H,6,16H2,1-5H3. The SMILES string of the molecule is CCCN1c2cc(OC)c(C=Nc3ccc(-c4ccccc4)cc3)cc2C(C)=CC1(C)C. The molecular weight excluding hydrogens is 392 g/mol. The highest BCUT2D eigenvalue weighted by molar-refractivity contribution is 5.92. The smallest absolute Gasteiger partial charge is 0.129 e. The number of methoxy groups -OCH3 is 1. The van der Waals surface area contributed by atoms with E-state index in [0.717, 1.165) is 30.0 Å². The van der Waals surface area contributed by atoms with Crippen LogP contribution in [0.3, 0.4) is 0 Å². The fraction of sp³-hybridized carbons (Fsp3) is 0.276. The summed E-state index contributed by atoms with van der Waals surface area (Å²) in [5, 5.41) is 0. The highest BCUT2D eigenvalue weighted by Crippen LogP contribution is 2.42. The Hall–Kier alpha value is -3.33. The van der Waals surface area contributed by atoms with E-state index in [1.165, 1.54) is 28.0 Å². The number of hydrogen-bond donors (Lipinski definition) is 0. The summed E-state index contributed by atoms with van der Waals surface area (Å²) >= 11 is 0. The predicted molar refractivity (Wildman–Crippen MR) is 137 cm³/mol. The van der Waals surface area contributed by atoms with Crippen LogP contribution in [0.5, 0.6) is 5.75 Å². The maximum Gasteiger partial charge on any atom is 0.129 e. The molecule has 3 nitrogen and oxygen atoms in total. The van der Waals surface area contributed by atoms with Crippen LogP contribution in [-0.4, -0.2) is 25.4 Å². The van der Waals surface area contributed by atoms with E-state index >= 15 is 0 Å². The minimum Gasteiger partial charge on any atom is -0.496 e. The lowest BCUT2D eigenvalue weighted by Crippen LogP contribution is -2.45. The van der Waals surface area contributed by atoms with Crippen molar-refractivity contribution in [2.45, 2.75) is 39.7 Å². The van der Waals surface area contributed by atoms with Gasteiger partial charge in [-0.25, -0.2) is 0 Å². The normalized spacial score (nSPS) is 14.9. The maximum atomic E-state index is 5.77. The Labute approximate surface area is 192 Å². The number of hydrogen-bond acceptors (Lipinski definition) is 3. The molecule has 164 valence electrons. The van der Waals surface area contributed by atoms with Crippen LogP contribution in [0.2, 0.25) is 0 Å². The average molecular weight is 425 g/mol. The van der Waals surface area contributed by atoms with Crippen LogP contribution in [0.25, 0.3) is 16.7 Å². The summed E-state index contributed by atoms with van der Waals surface area (Å²) in [6, 6.07) is 23.1. The van der Waals surface area contributed by atoms with Gasteiger partial charge >= 0.3 is 0 Å². The van der Waals surface area contributed by atoms with Crippen molar-refractivity contribution in [3.05, 3.63) is 83.9 Å². The zero-order valence-electron chi connectivity index (χ0n) is 19.7. The van der Waals surface area contributed by atoms with Crippen molar-refractivity contribution in [3.8, 4) is 16.9 Å². The first-order valence-corrected chi connectivity index (χ1v) is 11.3. The Balaban J connectivity index is 1.66. The lowest BCUT2D eigenvalue weighted by atomic mass is 9.87. The molecule has 1 aliphatic rings. The molecule has 32 heavy (non-hydrogen) atoms. The van der Waals surface area contributed by atoms with Crippen molar-refractivity contribution in [1.82, 2.24) is 0 Å². The molecule has 0 unspecified atom stereocenters. The Bertz CT molecular complexity index is 1140. The van der Waals surface area contributed by atoms with Gasteiger partial charge in [-0.15, -0.1) is 0 Å². The third kappa shape index (κ3) is 4.34. The maximum absolute atomic E-state index is 5.77. The molecule has 0 N–H and O–H groups in total. The van der Waals surface area contributed by atoms with Crippen LogP contribution in [-0.2, 0) is 0 Å². The van der Waals surface area contributed by atoms with Crippen molar-refractivity contribution in [2.24, 2.45) is 4.99 Å². The first-order chi connectivity index (χ1) is 15.4. The minimum atomic E-state index is -0.0196. The molecule has 4 rings (SSSR count). The summed E-state index contributed by atoms with van der Waals surface area (Å²) in [6.45, 7) is 9.97. The monoisotopic (exact) mass is 424 g/mol. The van der Waals surface area contributed by atoms with Gasteiger partial charge in [-0.2, -0.15) is 0 Å². The number of ether oxygens (including phenoxy) is 1. The topological polar surface area (TPSA) is 24.8 Å². The quantitative estimate of drug-likeness (QED) is 0.382. The van der Waals surface area contributed by atoms with Gasteiger partial charge in [-0.05, 0) is 62.1 Å². The van der Waals surface area contributed by atoms with Gasteiger partial charge in [0, 0.05) is 35.6 Å². The number of aliphatic imine (C=N–C) groups is 1. The molecule has 0 bridgehead atoms. The summed E-state index contributed by atoms with van der Waals surface area (Å²) in [6.07, 6.45) is 5.37. The van der Waals surface area contributed by atoms with Crippen molar-refractivity contribution < 1.29 is 4.74 Å². The van der Waals surface area contributed by atoms with Crippen LogP contribution in [0.4, 0.5) is 11.4 Å². The van der Waals surface area contributed by atoms with Crippen molar-refractivity contribution >= 4 is 23.2 Å². The summed E-state index contributed by atoms with van der Waals surface area (Å²) in [5.74, 6) is 0.847. The van der Waals surface area contributed by atoms with Crippen LogP contribution in [0.1, 0.15) is 45.2 Å². The second kappa shape index (κ2) is 9.04. The van der Waals surface area contributed by atoms with Crippen molar-refractivity contribution in [2.75, 3.05) is 18.6 Å². The van der Waals surface area contributed by atoms with E-state index in [1.54, 1.807) is 7.11 Å². The molecule has 0 fully saturated rings. The van der Waals surface area contributed by atoms with E-state index < -0.39 is 0 Å². The summed E-state index contributed by atoms with van der Waals surface area (Å²) in [7, 11) is 1.73. The van der Waals surface area contributed by atoms with E-state index in [-0.39, 0.29) is 5.54 Å². The zero-order valence-corrected chi connectivity index (χ0v) is 19.7. The molecule has 3 heteroatoms. The molecule has 3 aromatic rings. The van der Waals surface area contributed by atoms with Crippen molar-refractivity contribution in [1.29, 1.82) is 0 Å². The molecule has 1 aliphatic heterocycles. The number of allylic oxidation sites excluding steroid dienone is 1. The number of benzene rings is 3. The third-order valence-corrected chi connectivity index (χ3v) is 6.10. The first-order valence-electron chi connectivity index (χ1n) is 11.3. The highest BCUT2D eigenvalue weighted by Gasteiger charge is 2.31. The fourth-order valence-corrected chi connectivity index (χ4v) is 4.55. The third-order valence-electron chi connectivity index (χ3n) is 6.10. The number of fused-ring (bicyclic) bond motifs is 1. The van der Waals surface area contributed by atoms with E-state index in [0.29, 0.717) is 0 Å². The highest BCUT2D eigenvalue weighted by atomic mass is 16.5. The Kier molecular flexibility index (Phi) is 6.18. The first kappa shape index (κ1) is 21.9. The lowest BCUT2D eigenvalue weighted by molar-refractivity contribution is 0.413. The molecule has 0 amide bonds. The summed E-state index contributed by atoms with van der Waals surface area (Å²) in [4.78, 5) is 7.21. The summed E-state index contributed by atoms with van der Waals surface area (Å²) < 4.78 is 5.77. The molecule has 0 aliphatic carbocycles. The second-order valence-electron chi connectivity index (χ2n) is 8.92. The summed E-state index contributed by atoms with van der Waals surface area (Å²) in [5.41, 5.74) is 8.07. The second-order valence-corrected chi connectivity index (χ2v) is 8.92. The molecule has 0 saturated heterocycles. The van der Waals surface area contributed by atoms with Gasteiger partial charge in [-0.1, -0.05) is 55.5 Å². The molecule has 0 spiro atoms. The average Bonchev–Trinajstić information content (AvgIpc) is 2.80. The van der Waals surface area contributed by atoms with Gasteiger partial charge in [0.1, 0.15) is 5.75 Å². The van der Waals surface area contributed by atoms with Gasteiger partial charge in [0.25, 0.3) is 0 Å². The molecular formula is C29H32N2O. The zero-order chi connectivity index (χ0) is 22.7. The van der Waals surface area contributed by atoms with Gasteiger partial charge in [-0.3, -0.25) is 4.99 Å².